The van der Waals surface area contributed by atoms with Crippen LogP contribution in [0.3, 0.4) is 0 Å². The number of rotatable bonds is 10. The van der Waals surface area contributed by atoms with E-state index in [1.807, 2.05) is 0 Å². The van der Waals surface area contributed by atoms with Crippen LogP contribution in [0.5, 0.6) is 0 Å². The van der Waals surface area contributed by atoms with Gasteiger partial charge >= 0.3 is 0 Å². The van der Waals surface area contributed by atoms with Crippen molar-refractivity contribution in [3.63, 3.8) is 0 Å². The number of benzene rings is 8. The molecule has 8 aromatic carbocycles. The average Bonchev–Trinajstić information content (AvgIpc) is 3.90. The summed E-state index contributed by atoms with van der Waals surface area (Å²) in [6.45, 7) is 2.24. The highest BCUT2D eigenvalue weighted by Gasteiger charge is 2.46. The Morgan fingerprint density at radius 1 is 0.300 bits per heavy atom. The van der Waals surface area contributed by atoms with Crippen molar-refractivity contribution in [2.75, 3.05) is 0 Å². The third-order valence-electron chi connectivity index (χ3n) is 11.9. The molecule has 10 aromatic rings. The van der Waals surface area contributed by atoms with Crippen molar-refractivity contribution < 1.29 is 0 Å². The molecule has 2 aromatic heterocycles. The van der Waals surface area contributed by atoms with E-state index in [2.05, 4.69) is 265 Å². The molecule has 0 fully saturated rings. The molecule has 0 bridgehead atoms. The van der Waals surface area contributed by atoms with Gasteiger partial charge in [-0.2, -0.15) is 0 Å². The third-order valence-corrected chi connectivity index (χ3v) is 16.7. The Morgan fingerprint density at radius 3 is 1.08 bits per heavy atom. The molecular weight excluding hydrogens is 741 g/mol. The average molecular weight is 785 g/mol. The Labute approximate surface area is 354 Å². The molecule has 0 aliphatic rings. The van der Waals surface area contributed by atoms with Crippen LogP contribution < -0.4 is 20.9 Å². The molecule has 0 unspecified atom stereocenters. The normalized spacial score (nSPS) is 11.4. The van der Waals surface area contributed by atoms with Gasteiger partial charge in [0.05, 0.1) is 11.4 Å². The van der Waals surface area contributed by atoms with Gasteiger partial charge in [0.2, 0.25) is 0 Å². The number of aromatic nitrogens is 2. The maximum absolute atomic E-state index is 3.08. The summed E-state index contributed by atoms with van der Waals surface area (Å²) in [5, 5.41) is 5.32. The van der Waals surface area contributed by atoms with E-state index in [1.165, 1.54) is 48.8 Å². The molecule has 0 spiro atoms. The van der Waals surface area contributed by atoms with Crippen LogP contribution in [-0.2, 0) is 0 Å². The van der Waals surface area contributed by atoms with Crippen LogP contribution in [-0.4, -0.2) is 17.2 Å². The van der Waals surface area contributed by atoms with Gasteiger partial charge in [0.1, 0.15) is 0 Å². The van der Waals surface area contributed by atoms with Gasteiger partial charge in [0, 0.05) is 33.5 Å². The van der Waals surface area contributed by atoms with E-state index in [1.54, 1.807) is 0 Å². The summed E-state index contributed by atoms with van der Waals surface area (Å²) in [4.78, 5) is 0. The van der Waals surface area contributed by atoms with Crippen molar-refractivity contribution in [3.05, 3.63) is 254 Å². The Hall–Kier alpha value is -7.46. The Morgan fingerprint density at radius 2 is 0.633 bits per heavy atom. The molecule has 0 aliphatic heterocycles. The van der Waals surface area contributed by atoms with Crippen LogP contribution in [0.2, 0.25) is 0 Å². The van der Waals surface area contributed by atoms with E-state index >= 15 is 0 Å². The number of hydrogen-bond donors (Lipinski definition) is 0. The van der Waals surface area contributed by atoms with Crippen molar-refractivity contribution in [1.82, 2.24) is 9.13 Å². The summed E-state index contributed by atoms with van der Waals surface area (Å²) in [6.07, 6.45) is 0. The van der Waals surface area contributed by atoms with Gasteiger partial charge in [0.15, 0.2) is 8.07 Å². The molecule has 60 heavy (non-hydrogen) atoms. The second kappa shape index (κ2) is 16.1. The lowest BCUT2D eigenvalue weighted by Crippen LogP contribution is -2.76. The summed E-state index contributed by atoms with van der Waals surface area (Å²) in [5.41, 5.74) is 13.0. The van der Waals surface area contributed by atoms with Crippen molar-refractivity contribution in [2.24, 2.45) is 0 Å². The van der Waals surface area contributed by atoms with Crippen LogP contribution in [0, 0.1) is 6.92 Å². The second-order valence-corrected chi connectivity index (χ2v) is 19.0. The maximum Gasteiger partial charge on any atom is 0.200 e. The van der Waals surface area contributed by atoms with E-state index in [4.69, 9.17) is 0 Å². The zero-order valence-corrected chi connectivity index (χ0v) is 34.6. The highest BCUT2D eigenvalue weighted by atomic mass is 28.3. The van der Waals surface area contributed by atoms with Gasteiger partial charge < -0.3 is 9.13 Å². The SMILES string of the molecule is Cc1c(-c2ccccc2)cc(-c2cccc(-c3cc(-c4ccccc4)c([Si](c4ccccc4)(c4ccccc4)c4ccccc4)n3-c3ccccc3)c2)n1-c1ccccc1. The molecule has 0 saturated carbocycles. The van der Waals surface area contributed by atoms with Gasteiger partial charge in [0.25, 0.3) is 0 Å². The highest BCUT2D eigenvalue weighted by Crippen LogP contribution is 2.38. The van der Waals surface area contributed by atoms with Gasteiger partial charge in [-0.15, -0.1) is 0 Å². The lowest BCUT2D eigenvalue weighted by molar-refractivity contribution is 1.02. The second-order valence-electron chi connectivity index (χ2n) is 15.3. The van der Waals surface area contributed by atoms with Crippen LogP contribution in [0.1, 0.15) is 5.69 Å². The molecule has 0 amide bonds. The molecule has 286 valence electrons. The molecule has 0 saturated heterocycles. The van der Waals surface area contributed by atoms with Crippen molar-refractivity contribution >= 4 is 29.0 Å². The fourth-order valence-electron chi connectivity index (χ4n) is 9.23. The van der Waals surface area contributed by atoms with E-state index in [0.29, 0.717) is 0 Å². The maximum atomic E-state index is 2.59. The minimum atomic E-state index is -3.08. The minimum Gasteiger partial charge on any atom is -0.316 e. The molecule has 10 rings (SSSR count). The minimum absolute atomic E-state index is 1.13. The van der Waals surface area contributed by atoms with E-state index < -0.39 is 8.07 Å². The Balaban J connectivity index is 1.31. The smallest absolute Gasteiger partial charge is 0.200 e. The molecule has 0 N–H and O–H groups in total. The summed E-state index contributed by atoms with van der Waals surface area (Å²) in [5.74, 6) is 0. The Bertz CT molecular complexity index is 2900. The van der Waals surface area contributed by atoms with Crippen molar-refractivity contribution in [2.45, 2.75) is 6.92 Å². The highest BCUT2D eigenvalue weighted by molar-refractivity contribution is 7.20. The van der Waals surface area contributed by atoms with E-state index in [0.717, 1.165) is 33.9 Å². The van der Waals surface area contributed by atoms with Gasteiger partial charge in [-0.1, -0.05) is 206 Å². The first-order chi connectivity index (χ1) is 29.7. The van der Waals surface area contributed by atoms with Crippen LogP contribution in [0.15, 0.2) is 249 Å². The predicted molar refractivity (Wildman–Crippen MR) is 255 cm³/mol. The number of nitrogens with zero attached hydrogens (tertiary/aromatic N) is 2. The lowest BCUT2D eigenvalue weighted by Gasteiger charge is -2.36. The number of hydrogen-bond acceptors (Lipinski definition) is 0. The quantitative estimate of drug-likeness (QED) is 0.0966. The predicted octanol–water partition coefficient (Wildman–Crippen LogP) is 11.6. The molecule has 0 aliphatic carbocycles. The van der Waals surface area contributed by atoms with E-state index in [-0.39, 0.29) is 0 Å². The monoisotopic (exact) mass is 784 g/mol. The summed E-state index contributed by atoms with van der Waals surface area (Å²) in [7, 11) is -3.08. The zero-order valence-electron chi connectivity index (χ0n) is 33.6. The zero-order chi connectivity index (χ0) is 40.3. The first kappa shape index (κ1) is 36.8. The lowest BCUT2D eigenvalue weighted by atomic mass is 10.0. The van der Waals surface area contributed by atoms with Gasteiger partial charge in [-0.25, -0.2) is 0 Å². The van der Waals surface area contributed by atoms with Gasteiger partial charge in [-0.05, 0) is 87.2 Å². The van der Waals surface area contributed by atoms with Crippen molar-refractivity contribution in [1.29, 1.82) is 0 Å². The van der Waals surface area contributed by atoms with Crippen LogP contribution in [0.25, 0.3) is 56.1 Å². The van der Waals surface area contributed by atoms with Crippen LogP contribution in [0.4, 0.5) is 0 Å². The van der Waals surface area contributed by atoms with Gasteiger partial charge in [-0.3, -0.25) is 0 Å². The molecule has 0 atom stereocenters. The molecule has 0 radical (unpaired) electrons. The summed E-state index contributed by atoms with van der Waals surface area (Å²) in [6, 6.07) is 91.3. The summed E-state index contributed by atoms with van der Waals surface area (Å²) >= 11 is 0. The summed E-state index contributed by atoms with van der Waals surface area (Å²) < 4.78 is 5.01. The third kappa shape index (κ3) is 6.46. The molecular formula is C57H44N2Si. The van der Waals surface area contributed by atoms with E-state index in [9.17, 15) is 0 Å². The topological polar surface area (TPSA) is 9.86 Å². The standard InChI is InChI=1S/C57H44N2Si/c1-43-53(44-24-9-2-10-25-44)41-55(58(43)48-30-13-4-14-31-48)46-28-23-29-47(40-46)56-42-54(45-26-11-3-12-27-45)57(59(56)49-32-15-5-16-33-49)60(50-34-17-6-18-35-50,51-36-19-7-20-37-51)52-38-21-8-22-39-52/h2-42H,1H3. The Kier molecular flexibility index (Phi) is 9.86. The first-order valence-electron chi connectivity index (χ1n) is 20.7. The largest absolute Gasteiger partial charge is 0.316 e. The first-order valence-corrected chi connectivity index (χ1v) is 22.7. The molecule has 2 nitrogen and oxygen atoms in total. The fourth-order valence-corrected chi connectivity index (χ4v) is 14.3. The molecule has 2 heterocycles. The van der Waals surface area contributed by atoms with Crippen molar-refractivity contribution in [3.8, 4) is 56.1 Å². The van der Waals surface area contributed by atoms with Crippen LogP contribution >= 0.6 is 0 Å². The molecule has 3 heteroatoms. The number of para-hydroxylation sites is 2. The fraction of sp³-hybridized carbons (Fsp3) is 0.0175.